The second-order valence-electron chi connectivity index (χ2n) is 5.91. The summed E-state index contributed by atoms with van der Waals surface area (Å²) in [4.78, 5) is 23.3. The molecule has 0 radical (unpaired) electrons. The Hall–Kier alpha value is -2.63. The van der Waals surface area contributed by atoms with Crippen molar-refractivity contribution in [2.45, 2.75) is 25.7 Å². The zero-order valence-electron chi connectivity index (χ0n) is 12.9. The van der Waals surface area contributed by atoms with Crippen molar-refractivity contribution in [1.82, 2.24) is 15.1 Å². The van der Waals surface area contributed by atoms with Crippen LogP contribution in [0.3, 0.4) is 0 Å². The average Bonchev–Trinajstić information content (AvgIpc) is 3.31. The van der Waals surface area contributed by atoms with E-state index < -0.39 is 11.9 Å². The maximum atomic E-state index is 12.4. The molecule has 2 aromatic rings. The van der Waals surface area contributed by atoms with Crippen LogP contribution in [0.25, 0.3) is 5.69 Å². The lowest BCUT2D eigenvalue weighted by molar-refractivity contribution is -0.140. The molecule has 1 fully saturated rings. The molecule has 1 aromatic heterocycles. The number of carboxylic acid groups (broad SMARTS) is 1. The van der Waals surface area contributed by atoms with Gasteiger partial charge in [-0.05, 0) is 25.0 Å². The summed E-state index contributed by atoms with van der Waals surface area (Å²) in [6.45, 7) is 1.67. The van der Waals surface area contributed by atoms with Crippen LogP contribution in [0.1, 0.15) is 41.7 Å². The molecule has 1 aromatic carbocycles. The highest BCUT2D eigenvalue weighted by molar-refractivity contribution is 5.95. The number of carbonyl (C=O) groups excluding carboxylic acids is 1. The van der Waals surface area contributed by atoms with Crippen molar-refractivity contribution in [3.8, 4) is 5.69 Å². The van der Waals surface area contributed by atoms with E-state index in [2.05, 4.69) is 10.4 Å². The molecule has 1 heterocycles. The van der Waals surface area contributed by atoms with Crippen LogP contribution in [0.15, 0.2) is 36.5 Å². The number of benzene rings is 1. The van der Waals surface area contributed by atoms with Gasteiger partial charge in [-0.3, -0.25) is 9.59 Å². The number of amides is 1. The molecule has 1 amide bonds. The molecule has 6 heteroatoms. The summed E-state index contributed by atoms with van der Waals surface area (Å²) in [6, 6.07) is 9.70. The first kappa shape index (κ1) is 15.3. The third-order valence-corrected chi connectivity index (χ3v) is 4.01. The quantitative estimate of drug-likeness (QED) is 0.856. The summed E-state index contributed by atoms with van der Waals surface area (Å²) in [6.07, 6.45) is 3.66. The van der Waals surface area contributed by atoms with E-state index in [0.717, 1.165) is 24.2 Å². The molecular weight excluding hydrogens is 294 g/mol. The van der Waals surface area contributed by atoms with Gasteiger partial charge in [0, 0.05) is 12.5 Å². The number of nitrogens with zero attached hydrogens (tertiary/aromatic N) is 2. The number of para-hydroxylation sites is 1. The lowest BCUT2D eigenvalue weighted by atomic mass is 10.1. The lowest BCUT2D eigenvalue weighted by Crippen LogP contribution is -2.31. The summed E-state index contributed by atoms with van der Waals surface area (Å²) < 4.78 is 1.81. The SMILES string of the molecule is CC(CNC(=O)c1cnn(-c2ccccc2)c1C1CC1)C(=O)O. The molecule has 0 aliphatic heterocycles. The Kier molecular flexibility index (Phi) is 4.14. The van der Waals surface area contributed by atoms with Crippen molar-refractivity contribution in [3.05, 3.63) is 47.8 Å². The fourth-order valence-electron chi connectivity index (χ4n) is 2.49. The second-order valence-corrected chi connectivity index (χ2v) is 5.91. The number of hydrogen-bond acceptors (Lipinski definition) is 3. The number of rotatable bonds is 6. The minimum atomic E-state index is -0.923. The standard InChI is InChI=1S/C17H19N3O3/c1-11(17(22)23)9-18-16(21)14-10-19-20(15(14)12-7-8-12)13-5-3-2-4-6-13/h2-6,10-12H,7-9H2,1H3,(H,18,21)(H,22,23). The molecule has 2 N–H and O–H groups in total. The minimum Gasteiger partial charge on any atom is -0.481 e. The largest absolute Gasteiger partial charge is 0.481 e. The van der Waals surface area contributed by atoms with E-state index in [1.807, 2.05) is 35.0 Å². The van der Waals surface area contributed by atoms with Gasteiger partial charge in [0.05, 0.1) is 29.1 Å². The molecule has 0 spiro atoms. The van der Waals surface area contributed by atoms with Crippen LogP contribution in [-0.4, -0.2) is 33.3 Å². The lowest BCUT2D eigenvalue weighted by Gasteiger charge is -2.10. The van der Waals surface area contributed by atoms with Gasteiger partial charge in [-0.15, -0.1) is 0 Å². The van der Waals surface area contributed by atoms with Crippen LogP contribution in [0.5, 0.6) is 0 Å². The van der Waals surface area contributed by atoms with Crippen LogP contribution >= 0.6 is 0 Å². The Morgan fingerprint density at radius 3 is 2.65 bits per heavy atom. The molecule has 120 valence electrons. The summed E-state index contributed by atoms with van der Waals surface area (Å²) >= 11 is 0. The van der Waals surface area contributed by atoms with Crippen LogP contribution < -0.4 is 5.32 Å². The zero-order chi connectivity index (χ0) is 16.4. The van der Waals surface area contributed by atoms with Gasteiger partial charge in [0.2, 0.25) is 0 Å². The highest BCUT2D eigenvalue weighted by Gasteiger charge is 2.33. The van der Waals surface area contributed by atoms with Crippen molar-refractivity contribution >= 4 is 11.9 Å². The summed E-state index contributed by atoms with van der Waals surface area (Å²) in [5.41, 5.74) is 2.37. The average molecular weight is 313 g/mol. The number of carboxylic acids is 1. The summed E-state index contributed by atoms with van der Waals surface area (Å²) in [5, 5.41) is 16.0. The highest BCUT2D eigenvalue weighted by Crippen LogP contribution is 2.42. The Labute approximate surface area is 134 Å². The first-order valence-corrected chi connectivity index (χ1v) is 7.72. The number of carbonyl (C=O) groups is 2. The molecule has 1 atom stereocenters. The van der Waals surface area contributed by atoms with Gasteiger partial charge in [-0.25, -0.2) is 4.68 Å². The predicted molar refractivity (Wildman–Crippen MR) is 84.7 cm³/mol. The topological polar surface area (TPSA) is 84.2 Å². The van der Waals surface area contributed by atoms with E-state index in [9.17, 15) is 9.59 Å². The Balaban J connectivity index is 1.84. The number of hydrogen-bond donors (Lipinski definition) is 2. The summed E-state index contributed by atoms with van der Waals surface area (Å²) in [7, 11) is 0. The molecule has 1 saturated carbocycles. The Morgan fingerprint density at radius 1 is 1.35 bits per heavy atom. The highest BCUT2D eigenvalue weighted by atomic mass is 16.4. The van der Waals surface area contributed by atoms with Gasteiger partial charge >= 0.3 is 5.97 Å². The monoisotopic (exact) mass is 313 g/mol. The van der Waals surface area contributed by atoms with Crippen LogP contribution in [0, 0.1) is 5.92 Å². The van der Waals surface area contributed by atoms with E-state index in [4.69, 9.17) is 5.11 Å². The van der Waals surface area contributed by atoms with Crippen molar-refractivity contribution < 1.29 is 14.7 Å². The maximum Gasteiger partial charge on any atom is 0.308 e. The predicted octanol–water partition coefficient (Wildman–Crippen LogP) is 2.20. The van der Waals surface area contributed by atoms with Gasteiger partial charge in [-0.2, -0.15) is 5.10 Å². The zero-order valence-corrected chi connectivity index (χ0v) is 12.9. The second kappa shape index (κ2) is 6.24. The van der Waals surface area contributed by atoms with Crippen LogP contribution in [0.4, 0.5) is 0 Å². The molecule has 23 heavy (non-hydrogen) atoms. The van der Waals surface area contributed by atoms with E-state index in [0.29, 0.717) is 11.5 Å². The Bertz CT molecular complexity index is 720. The molecule has 1 aliphatic carbocycles. The van der Waals surface area contributed by atoms with E-state index in [1.165, 1.54) is 0 Å². The first-order chi connectivity index (χ1) is 11.1. The van der Waals surface area contributed by atoms with Crippen LogP contribution in [0.2, 0.25) is 0 Å². The fourth-order valence-corrected chi connectivity index (χ4v) is 2.49. The van der Waals surface area contributed by atoms with Gasteiger partial charge in [0.25, 0.3) is 5.91 Å². The van der Waals surface area contributed by atoms with Crippen molar-refractivity contribution in [2.75, 3.05) is 6.54 Å². The van der Waals surface area contributed by atoms with Gasteiger partial charge in [0.1, 0.15) is 0 Å². The third kappa shape index (κ3) is 3.26. The van der Waals surface area contributed by atoms with Gasteiger partial charge in [0.15, 0.2) is 0 Å². The first-order valence-electron chi connectivity index (χ1n) is 7.72. The number of nitrogens with one attached hydrogen (secondary N) is 1. The molecule has 1 aliphatic rings. The normalized spacial score (nSPS) is 15.2. The molecule has 0 saturated heterocycles. The van der Waals surface area contributed by atoms with E-state index in [1.54, 1.807) is 13.1 Å². The van der Waals surface area contributed by atoms with Crippen molar-refractivity contribution in [3.63, 3.8) is 0 Å². The Morgan fingerprint density at radius 2 is 2.04 bits per heavy atom. The van der Waals surface area contributed by atoms with Gasteiger partial charge in [-0.1, -0.05) is 25.1 Å². The maximum absolute atomic E-state index is 12.4. The fraction of sp³-hybridized carbons (Fsp3) is 0.353. The molecule has 3 rings (SSSR count). The number of aliphatic carboxylic acids is 1. The summed E-state index contributed by atoms with van der Waals surface area (Å²) in [5.74, 6) is -1.46. The molecule has 6 nitrogen and oxygen atoms in total. The van der Waals surface area contributed by atoms with E-state index >= 15 is 0 Å². The molecular formula is C17H19N3O3. The van der Waals surface area contributed by atoms with Crippen LogP contribution in [-0.2, 0) is 4.79 Å². The molecule has 1 unspecified atom stereocenters. The van der Waals surface area contributed by atoms with Crippen molar-refractivity contribution in [1.29, 1.82) is 0 Å². The van der Waals surface area contributed by atoms with Gasteiger partial charge < -0.3 is 10.4 Å². The molecule has 0 bridgehead atoms. The third-order valence-electron chi connectivity index (χ3n) is 4.01. The number of aromatic nitrogens is 2. The smallest absolute Gasteiger partial charge is 0.308 e. The van der Waals surface area contributed by atoms with Crippen molar-refractivity contribution in [2.24, 2.45) is 5.92 Å². The minimum absolute atomic E-state index is 0.106. The van der Waals surface area contributed by atoms with E-state index in [-0.39, 0.29) is 12.5 Å².